The van der Waals surface area contributed by atoms with Gasteiger partial charge >= 0.3 is 12.1 Å². The second-order valence-electron chi connectivity index (χ2n) is 11.4. The Morgan fingerprint density at radius 1 is 1.14 bits per heavy atom. The summed E-state index contributed by atoms with van der Waals surface area (Å²) in [4.78, 5) is 26.0. The first-order chi connectivity index (χ1) is 16.3. The number of carbonyl (C=O) groups is 2. The normalized spacial score (nSPS) is 24.0. The molecule has 0 bridgehead atoms. The number of urea groups is 1. The van der Waals surface area contributed by atoms with Gasteiger partial charge in [-0.2, -0.15) is 0 Å². The van der Waals surface area contributed by atoms with Crippen LogP contribution in [0.3, 0.4) is 0 Å². The van der Waals surface area contributed by atoms with Gasteiger partial charge in [-0.15, -0.1) is 0 Å². The Labute approximate surface area is 208 Å². The summed E-state index contributed by atoms with van der Waals surface area (Å²) in [5.74, 6) is 0.0667. The van der Waals surface area contributed by atoms with Gasteiger partial charge in [0, 0.05) is 17.6 Å². The third-order valence-electron chi connectivity index (χ3n) is 8.04. The van der Waals surface area contributed by atoms with Crippen molar-refractivity contribution in [3.8, 4) is 0 Å². The minimum absolute atomic E-state index is 0.0667. The molecule has 1 aliphatic heterocycles. The molecule has 0 radical (unpaired) electrons. The first kappa shape index (κ1) is 25.5. The molecule has 1 aromatic carbocycles. The molecular weight excluding hydrogens is 466 g/mol. The summed E-state index contributed by atoms with van der Waals surface area (Å²) in [6.07, 6.45) is 7.25. The van der Waals surface area contributed by atoms with E-state index in [1.165, 1.54) is 22.1 Å². The van der Waals surface area contributed by atoms with E-state index in [1.54, 1.807) is 0 Å². The van der Waals surface area contributed by atoms with Crippen LogP contribution < -0.4 is 10.0 Å². The van der Waals surface area contributed by atoms with Gasteiger partial charge in [-0.3, -0.25) is 0 Å². The van der Waals surface area contributed by atoms with Crippen LogP contribution in [-0.4, -0.2) is 42.6 Å². The molecule has 192 valence electrons. The van der Waals surface area contributed by atoms with E-state index in [-0.39, 0.29) is 17.8 Å². The third-order valence-corrected chi connectivity index (χ3v) is 9.06. The van der Waals surface area contributed by atoms with E-state index in [2.05, 4.69) is 36.9 Å². The Morgan fingerprint density at radius 3 is 2.29 bits per heavy atom. The average molecular weight is 504 g/mol. The number of likely N-dealkylation sites (tertiary alicyclic amines) is 1. The number of rotatable bonds is 5. The third kappa shape index (κ3) is 5.06. The molecule has 0 saturated carbocycles. The highest BCUT2D eigenvalue weighted by atomic mass is 32.2. The number of sulfonamides is 1. The van der Waals surface area contributed by atoms with Gasteiger partial charge in [0.25, 0.3) is 10.0 Å². The van der Waals surface area contributed by atoms with Crippen molar-refractivity contribution in [2.24, 2.45) is 11.3 Å². The summed E-state index contributed by atoms with van der Waals surface area (Å²) < 4.78 is 27.5. The topological polar surface area (TPSA) is 116 Å². The molecule has 8 nitrogen and oxygen atoms in total. The Bertz CT molecular complexity index is 1140. The second-order valence-corrected chi connectivity index (χ2v) is 13.0. The van der Waals surface area contributed by atoms with Crippen molar-refractivity contribution in [3.63, 3.8) is 0 Å². The molecule has 3 amide bonds. The number of nitrogens with zero attached hydrogens (tertiary/aromatic N) is 1. The molecule has 3 aliphatic rings. The first-order valence-corrected chi connectivity index (χ1v) is 14.0. The zero-order chi connectivity index (χ0) is 25.6. The lowest BCUT2D eigenvalue weighted by Gasteiger charge is -2.43. The fourth-order valence-corrected chi connectivity index (χ4v) is 7.35. The number of amides is 3. The molecule has 2 atom stereocenters. The first-order valence-electron chi connectivity index (χ1n) is 12.5. The van der Waals surface area contributed by atoms with Gasteiger partial charge in [-0.25, -0.2) is 22.7 Å². The molecule has 0 spiro atoms. The second kappa shape index (κ2) is 9.15. The lowest BCUT2D eigenvalue weighted by atomic mass is 9.69. The Balaban J connectivity index is 1.46. The van der Waals surface area contributed by atoms with E-state index in [0.717, 1.165) is 67.2 Å². The van der Waals surface area contributed by atoms with Crippen molar-refractivity contribution in [1.82, 2.24) is 9.62 Å². The van der Waals surface area contributed by atoms with Crippen molar-refractivity contribution < 1.29 is 23.1 Å². The lowest BCUT2D eigenvalue weighted by Crippen LogP contribution is -2.50. The summed E-state index contributed by atoms with van der Waals surface area (Å²) in [6, 6.07) is 1.48. The zero-order valence-electron chi connectivity index (χ0n) is 21.1. The smallest absolute Gasteiger partial charge is 0.407 e. The predicted octanol–water partition coefficient (Wildman–Crippen LogP) is 4.82. The van der Waals surface area contributed by atoms with Gasteiger partial charge in [-0.05, 0) is 91.9 Å². The summed E-state index contributed by atoms with van der Waals surface area (Å²) in [7, 11) is -4.05. The van der Waals surface area contributed by atoms with Crippen LogP contribution in [0, 0.1) is 11.3 Å². The van der Waals surface area contributed by atoms with Crippen LogP contribution in [0.5, 0.6) is 0 Å². The average Bonchev–Trinajstić information content (AvgIpc) is 3.44. The van der Waals surface area contributed by atoms with Crippen LogP contribution in [-0.2, 0) is 35.7 Å². The van der Waals surface area contributed by atoms with E-state index in [1.807, 2.05) is 6.92 Å². The lowest BCUT2D eigenvalue weighted by molar-refractivity contribution is 0.0621. The number of carbonyl (C=O) groups excluding carboxylic acids is 1. The standard InChI is InChI=1S/C26H37N3O5S/c1-25(2,3)21-12-14-29(24(31)32)26(21,4)13-7-15-35(33,34)28-23(30)27-22-19-10-5-8-17(19)16-18-9-6-11-20(18)22/h7,15-16,21H,5-6,8-14H2,1-4H3,(H,31,32)(H2,27,28,30). The van der Waals surface area contributed by atoms with Crippen molar-refractivity contribution in [1.29, 1.82) is 0 Å². The van der Waals surface area contributed by atoms with E-state index in [9.17, 15) is 23.1 Å². The largest absolute Gasteiger partial charge is 0.465 e. The molecule has 4 rings (SSSR count). The highest BCUT2D eigenvalue weighted by molar-refractivity contribution is 7.92. The molecule has 35 heavy (non-hydrogen) atoms. The van der Waals surface area contributed by atoms with Gasteiger partial charge in [-0.1, -0.05) is 32.9 Å². The highest BCUT2D eigenvalue weighted by Gasteiger charge is 2.51. The van der Waals surface area contributed by atoms with Crippen LogP contribution in [0.1, 0.15) is 75.6 Å². The minimum atomic E-state index is -4.05. The van der Waals surface area contributed by atoms with Crippen molar-refractivity contribution in [2.75, 3.05) is 11.9 Å². The number of anilines is 1. The summed E-state index contributed by atoms with van der Waals surface area (Å²) in [5.41, 5.74) is 4.68. The maximum absolute atomic E-state index is 12.7. The number of aryl methyl sites for hydroxylation is 2. The molecule has 2 aliphatic carbocycles. The number of fused-ring (bicyclic) bond motifs is 2. The number of hydrogen-bond acceptors (Lipinski definition) is 4. The minimum Gasteiger partial charge on any atom is -0.465 e. The van der Waals surface area contributed by atoms with E-state index >= 15 is 0 Å². The number of hydrogen-bond donors (Lipinski definition) is 3. The van der Waals surface area contributed by atoms with Crippen LogP contribution in [0.15, 0.2) is 17.6 Å². The fourth-order valence-electron chi connectivity index (χ4n) is 6.63. The monoisotopic (exact) mass is 503 g/mol. The van der Waals surface area contributed by atoms with E-state index in [4.69, 9.17) is 0 Å². The number of carboxylic acid groups (broad SMARTS) is 1. The Hall–Kier alpha value is -2.55. The van der Waals surface area contributed by atoms with Crippen molar-refractivity contribution >= 4 is 27.8 Å². The predicted molar refractivity (Wildman–Crippen MR) is 136 cm³/mol. The van der Waals surface area contributed by atoms with Crippen LogP contribution in [0.2, 0.25) is 0 Å². The molecule has 0 aromatic heterocycles. The summed E-state index contributed by atoms with van der Waals surface area (Å²) in [6.45, 7) is 8.51. The van der Waals surface area contributed by atoms with Crippen molar-refractivity contribution in [3.05, 3.63) is 39.8 Å². The molecule has 1 heterocycles. The SMILES string of the molecule is CC(C)(C)C1CCN(C(=O)O)C1(C)CC=CS(=O)(=O)NC(=O)Nc1c2c(cc3c1CCC3)CCC2. The fraction of sp³-hybridized carbons (Fsp3) is 0.615. The molecule has 1 fully saturated rings. The molecule has 9 heteroatoms. The zero-order valence-corrected chi connectivity index (χ0v) is 21.9. The van der Waals surface area contributed by atoms with Crippen LogP contribution in [0.25, 0.3) is 0 Å². The van der Waals surface area contributed by atoms with Gasteiger partial charge in [0.15, 0.2) is 0 Å². The van der Waals surface area contributed by atoms with Crippen LogP contribution in [0.4, 0.5) is 15.3 Å². The molecule has 1 aromatic rings. The van der Waals surface area contributed by atoms with Crippen LogP contribution >= 0.6 is 0 Å². The van der Waals surface area contributed by atoms with E-state index in [0.29, 0.717) is 6.54 Å². The summed E-state index contributed by atoms with van der Waals surface area (Å²) >= 11 is 0. The van der Waals surface area contributed by atoms with Gasteiger partial charge in [0.05, 0.1) is 5.54 Å². The maximum atomic E-state index is 12.7. The molecular formula is C26H37N3O5S. The van der Waals surface area contributed by atoms with Gasteiger partial charge in [0.1, 0.15) is 0 Å². The summed E-state index contributed by atoms with van der Waals surface area (Å²) in [5, 5.41) is 13.5. The Morgan fingerprint density at radius 2 is 1.74 bits per heavy atom. The van der Waals surface area contributed by atoms with Gasteiger partial charge in [0.2, 0.25) is 0 Å². The Kier molecular flexibility index (Phi) is 6.68. The van der Waals surface area contributed by atoms with E-state index < -0.39 is 27.7 Å². The van der Waals surface area contributed by atoms with Gasteiger partial charge < -0.3 is 15.3 Å². The quantitative estimate of drug-likeness (QED) is 0.533. The molecule has 3 N–H and O–H groups in total. The maximum Gasteiger partial charge on any atom is 0.407 e. The highest BCUT2D eigenvalue weighted by Crippen LogP contribution is 2.47. The molecule has 2 unspecified atom stereocenters. The number of nitrogens with one attached hydrogen (secondary N) is 2. The number of benzene rings is 1. The molecule has 1 saturated heterocycles. The van der Waals surface area contributed by atoms with Crippen molar-refractivity contribution in [2.45, 2.75) is 84.6 Å².